The molecular formula is C18H27N3O4. The van der Waals surface area contributed by atoms with Crippen LogP contribution in [0.1, 0.15) is 13.3 Å². The van der Waals surface area contributed by atoms with E-state index < -0.39 is 0 Å². The first-order valence-corrected chi connectivity index (χ1v) is 8.33. The summed E-state index contributed by atoms with van der Waals surface area (Å²) < 4.78 is 10.6. The van der Waals surface area contributed by atoms with Crippen molar-refractivity contribution >= 4 is 17.5 Å². The predicted octanol–water partition coefficient (Wildman–Crippen LogP) is 1.12. The molecule has 1 fully saturated rings. The summed E-state index contributed by atoms with van der Waals surface area (Å²) in [6, 6.07) is 5.52. The van der Waals surface area contributed by atoms with Gasteiger partial charge in [-0.15, -0.1) is 0 Å². The first-order chi connectivity index (χ1) is 11.9. The fraction of sp³-hybridized carbons (Fsp3) is 0.556. The molecular weight excluding hydrogens is 322 g/mol. The van der Waals surface area contributed by atoms with Gasteiger partial charge in [0.1, 0.15) is 11.5 Å². The molecule has 0 unspecified atom stereocenters. The minimum atomic E-state index is -0.363. The van der Waals surface area contributed by atoms with Crippen LogP contribution in [-0.2, 0) is 9.59 Å². The van der Waals surface area contributed by atoms with Crippen LogP contribution in [0.25, 0.3) is 0 Å². The summed E-state index contributed by atoms with van der Waals surface area (Å²) in [6.45, 7) is 2.93. The number of likely N-dealkylation sites (N-methyl/N-ethyl adjacent to an activating group) is 1. The Morgan fingerprint density at radius 3 is 2.68 bits per heavy atom. The molecule has 2 atom stereocenters. The highest BCUT2D eigenvalue weighted by atomic mass is 16.5. The molecule has 7 nitrogen and oxygen atoms in total. The first-order valence-electron chi connectivity index (χ1n) is 8.33. The largest absolute Gasteiger partial charge is 0.497 e. The van der Waals surface area contributed by atoms with Gasteiger partial charge in [-0.05, 0) is 33.2 Å². The van der Waals surface area contributed by atoms with E-state index in [9.17, 15) is 9.59 Å². The van der Waals surface area contributed by atoms with Gasteiger partial charge in [0, 0.05) is 31.6 Å². The number of methoxy groups -OCH3 is 2. The molecule has 1 heterocycles. The van der Waals surface area contributed by atoms with E-state index in [4.69, 9.17) is 9.47 Å². The van der Waals surface area contributed by atoms with E-state index in [0.717, 1.165) is 0 Å². The molecule has 0 bridgehead atoms. The SMILES string of the molecule is COc1ccc(OC)c(N2C[C@H](C(=O)NC[C@H](C)N(C)C)CC2=O)c1. The average Bonchev–Trinajstić information content (AvgIpc) is 3.00. The van der Waals surface area contributed by atoms with Gasteiger partial charge in [-0.3, -0.25) is 9.59 Å². The molecule has 1 N–H and O–H groups in total. The third kappa shape index (κ3) is 4.42. The molecule has 1 aromatic carbocycles. The van der Waals surface area contributed by atoms with E-state index >= 15 is 0 Å². The zero-order chi connectivity index (χ0) is 18.6. The van der Waals surface area contributed by atoms with Crippen LogP contribution < -0.4 is 19.7 Å². The van der Waals surface area contributed by atoms with Gasteiger partial charge < -0.3 is 24.6 Å². The molecule has 0 aliphatic carbocycles. The van der Waals surface area contributed by atoms with Crippen LogP contribution in [0.15, 0.2) is 18.2 Å². The van der Waals surface area contributed by atoms with E-state index in [0.29, 0.717) is 30.3 Å². The van der Waals surface area contributed by atoms with Gasteiger partial charge in [-0.2, -0.15) is 0 Å². The maximum Gasteiger partial charge on any atom is 0.227 e. The Bertz CT molecular complexity index is 633. The number of amides is 2. The molecule has 1 aliphatic rings. The van der Waals surface area contributed by atoms with E-state index in [-0.39, 0.29) is 30.2 Å². The lowest BCUT2D eigenvalue weighted by Gasteiger charge is -2.22. The van der Waals surface area contributed by atoms with Crippen LogP contribution >= 0.6 is 0 Å². The van der Waals surface area contributed by atoms with Gasteiger partial charge in [0.25, 0.3) is 0 Å². The molecule has 0 aromatic heterocycles. The second-order valence-electron chi connectivity index (χ2n) is 6.50. The smallest absolute Gasteiger partial charge is 0.227 e. The highest BCUT2D eigenvalue weighted by molar-refractivity contribution is 6.01. The van der Waals surface area contributed by atoms with E-state index in [1.807, 2.05) is 25.9 Å². The molecule has 2 amide bonds. The van der Waals surface area contributed by atoms with Crippen molar-refractivity contribution in [1.29, 1.82) is 0 Å². The number of benzene rings is 1. The standard InChI is InChI=1S/C18H27N3O4/c1-12(20(2)3)10-19-18(23)13-8-17(22)21(11-13)15-9-14(24-4)6-7-16(15)25-5/h6-7,9,12-13H,8,10-11H2,1-5H3,(H,19,23)/t12-,13+/m0/s1. The number of anilines is 1. The Hall–Kier alpha value is -2.28. The number of hydrogen-bond acceptors (Lipinski definition) is 5. The zero-order valence-electron chi connectivity index (χ0n) is 15.5. The molecule has 0 spiro atoms. The van der Waals surface area contributed by atoms with Gasteiger partial charge in [-0.1, -0.05) is 0 Å². The van der Waals surface area contributed by atoms with Crippen molar-refractivity contribution in [2.24, 2.45) is 5.92 Å². The second-order valence-corrected chi connectivity index (χ2v) is 6.50. The third-order valence-corrected chi connectivity index (χ3v) is 4.63. The summed E-state index contributed by atoms with van der Waals surface area (Å²) in [5, 5.41) is 2.93. The summed E-state index contributed by atoms with van der Waals surface area (Å²) in [7, 11) is 7.05. The van der Waals surface area contributed by atoms with Gasteiger partial charge in [-0.25, -0.2) is 0 Å². The van der Waals surface area contributed by atoms with Crippen molar-refractivity contribution in [3.8, 4) is 11.5 Å². The van der Waals surface area contributed by atoms with Gasteiger partial charge in [0.2, 0.25) is 11.8 Å². The summed E-state index contributed by atoms with van der Waals surface area (Å²) in [5.74, 6) is 0.671. The molecule has 7 heteroatoms. The highest BCUT2D eigenvalue weighted by Gasteiger charge is 2.36. The first kappa shape index (κ1) is 19.1. The number of rotatable bonds is 7. The van der Waals surface area contributed by atoms with Crippen molar-refractivity contribution in [1.82, 2.24) is 10.2 Å². The normalized spacial score (nSPS) is 18.4. The molecule has 1 aromatic rings. The Morgan fingerprint density at radius 1 is 1.36 bits per heavy atom. The zero-order valence-corrected chi connectivity index (χ0v) is 15.5. The van der Waals surface area contributed by atoms with Crippen molar-refractivity contribution < 1.29 is 19.1 Å². The van der Waals surface area contributed by atoms with E-state index in [1.165, 1.54) is 0 Å². The Morgan fingerprint density at radius 2 is 2.08 bits per heavy atom. The number of hydrogen-bond donors (Lipinski definition) is 1. The van der Waals surface area contributed by atoms with Gasteiger partial charge >= 0.3 is 0 Å². The number of ether oxygens (including phenoxy) is 2. The Labute approximate surface area is 148 Å². The molecule has 0 radical (unpaired) electrons. The van der Waals surface area contributed by atoms with Crippen molar-refractivity contribution in [2.45, 2.75) is 19.4 Å². The fourth-order valence-corrected chi connectivity index (χ4v) is 2.70. The second kappa shape index (κ2) is 8.20. The number of carbonyl (C=O) groups excluding carboxylic acids is 2. The summed E-state index contributed by atoms with van der Waals surface area (Å²) >= 11 is 0. The molecule has 1 aliphatic heterocycles. The maximum absolute atomic E-state index is 12.4. The number of carbonyl (C=O) groups is 2. The quantitative estimate of drug-likeness (QED) is 0.799. The minimum absolute atomic E-state index is 0.0904. The molecule has 2 rings (SSSR count). The third-order valence-electron chi connectivity index (χ3n) is 4.63. The Kier molecular flexibility index (Phi) is 6.25. The highest BCUT2D eigenvalue weighted by Crippen LogP contribution is 2.36. The monoisotopic (exact) mass is 349 g/mol. The predicted molar refractivity (Wildman–Crippen MR) is 96.2 cm³/mol. The van der Waals surface area contributed by atoms with Gasteiger partial charge in [0.05, 0.1) is 25.8 Å². The van der Waals surface area contributed by atoms with Crippen LogP contribution in [0.3, 0.4) is 0 Å². The number of nitrogens with one attached hydrogen (secondary N) is 1. The maximum atomic E-state index is 12.4. The van der Waals surface area contributed by atoms with Crippen LogP contribution in [0.5, 0.6) is 11.5 Å². The van der Waals surface area contributed by atoms with Crippen molar-refractivity contribution in [2.75, 3.05) is 46.3 Å². The summed E-state index contributed by atoms with van der Waals surface area (Å²) in [5.41, 5.74) is 0.629. The average molecular weight is 349 g/mol. The lowest BCUT2D eigenvalue weighted by Crippen LogP contribution is -2.41. The van der Waals surface area contributed by atoms with E-state index in [2.05, 4.69) is 5.32 Å². The van der Waals surface area contributed by atoms with Crippen molar-refractivity contribution in [3.05, 3.63) is 18.2 Å². The fourth-order valence-electron chi connectivity index (χ4n) is 2.70. The summed E-state index contributed by atoms with van der Waals surface area (Å²) in [4.78, 5) is 28.5. The summed E-state index contributed by atoms with van der Waals surface area (Å²) in [6.07, 6.45) is 0.197. The van der Waals surface area contributed by atoms with Gasteiger partial charge in [0.15, 0.2) is 0 Å². The van der Waals surface area contributed by atoms with Crippen LogP contribution in [0.2, 0.25) is 0 Å². The lowest BCUT2D eigenvalue weighted by atomic mass is 10.1. The van der Waals surface area contributed by atoms with Crippen LogP contribution in [0.4, 0.5) is 5.69 Å². The van der Waals surface area contributed by atoms with Crippen LogP contribution in [0, 0.1) is 5.92 Å². The molecule has 25 heavy (non-hydrogen) atoms. The molecule has 138 valence electrons. The van der Waals surface area contributed by atoms with Crippen LogP contribution in [-0.4, -0.2) is 64.2 Å². The molecule has 1 saturated heterocycles. The minimum Gasteiger partial charge on any atom is -0.497 e. The lowest BCUT2D eigenvalue weighted by molar-refractivity contribution is -0.126. The van der Waals surface area contributed by atoms with Crippen molar-refractivity contribution in [3.63, 3.8) is 0 Å². The number of nitrogens with zero attached hydrogens (tertiary/aromatic N) is 2. The van der Waals surface area contributed by atoms with E-state index in [1.54, 1.807) is 37.3 Å². The molecule has 0 saturated carbocycles. The topological polar surface area (TPSA) is 71.1 Å². The Balaban J connectivity index is 2.08.